The van der Waals surface area contributed by atoms with Crippen LogP contribution < -0.4 is 15.0 Å². The summed E-state index contributed by atoms with van der Waals surface area (Å²) in [4.78, 5) is 14.9. The number of anilines is 2. The molecule has 1 aliphatic rings. The lowest BCUT2D eigenvalue weighted by molar-refractivity contribution is -0.120. The van der Waals surface area contributed by atoms with Gasteiger partial charge in [-0.2, -0.15) is 0 Å². The number of amides is 1. The fraction of sp³-hybridized carbons (Fsp3) is 0.261. The number of nitrogens with zero attached hydrogens (tertiary/aromatic N) is 3. The Kier molecular flexibility index (Phi) is 5.70. The summed E-state index contributed by atoms with van der Waals surface area (Å²) in [5.41, 5.74) is 2.63. The van der Waals surface area contributed by atoms with Crippen LogP contribution in [-0.2, 0) is 4.79 Å². The lowest BCUT2D eigenvalue weighted by Gasteiger charge is -2.31. The number of nitrogens with one attached hydrogen (secondary N) is 1. The first-order valence-corrected chi connectivity index (χ1v) is 9.82. The van der Waals surface area contributed by atoms with Gasteiger partial charge >= 0.3 is 0 Å². The van der Waals surface area contributed by atoms with Gasteiger partial charge in [-0.3, -0.25) is 4.79 Å². The summed E-state index contributed by atoms with van der Waals surface area (Å²) in [7, 11) is 1.60. The molecule has 29 heavy (non-hydrogen) atoms. The molecule has 1 N–H and O–H groups in total. The van der Waals surface area contributed by atoms with Gasteiger partial charge in [0.15, 0.2) is 5.82 Å². The van der Waals surface area contributed by atoms with Crippen LogP contribution in [0, 0.1) is 5.92 Å². The van der Waals surface area contributed by atoms with Gasteiger partial charge in [-0.15, -0.1) is 10.2 Å². The highest BCUT2D eigenvalue weighted by Gasteiger charge is 2.26. The second-order valence-electron chi connectivity index (χ2n) is 7.09. The van der Waals surface area contributed by atoms with Gasteiger partial charge in [0.2, 0.25) is 5.91 Å². The van der Waals surface area contributed by atoms with Crippen LogP contribution in [0.5, 0.6) is 5.75 Å². The second kappa shape index (κ2) is 8.73. The SMILES string of the molecule is COc1ccccc1NC(=O)C1CCN(c2ccc(-c3ccccc3)nn2)CC1. The highest BCUT2D eigenvalue weighted by atomic mass is 16.5. The summed E-state index contributed by atoms with van der Waals surface area (Å²) < 4.78 is 5.31. The van der Waals surface area contributed by atoms with E-state index in [-0.39, 0.29) is 11.8 Å². The van der Waals surface area contributed by atoms with Gasteiger partial charge < -0.3 is 15.0 Å². The Morgan fingerprint density at radius 2 is 1.69 bits per heavy atom. The van der Waals surface area contributed by atoms with Crippen molar-refractivity contribution >= 4 is 17.4 Å². The van der Waals surface area contributed by atoms with Crippen molar-refractivity contribution in [3.05, 3.63) is 66.7 Å². The van der Waals surface area contributed by atoms with E-state index in [0.29, 0.717) is 11.4 Å². The highest BCUT2D eigenvalue weighted by molar-refractivity contribution is 5.94. The van der Waals surface area contributed by atoms with Crippen LogP contribution in [-0.4, -0.2) is 36.3 Å². The molecule has 1 amide bonds. The zero-order chi connectivity index (χ0) is 20.1. The van der Waals surface area contributed by atoms with Crippen molar-refractivity contribution < 1.29 is 9.53 Å². The van der Waals surface area contributed by atoms with Crippen LogP contribution in [0.15, 0.2) is 66.7 Å². The Morgan fingerprint density at radius 1 is 0.966 bits per heavy atom. The third-order valence-corrected chi connectivity index (χ3v) is 5.27. The number of benzene rings is 2. The Hall–Kier alpha value is -3.41. The number of carbonyl (C=O) groups excluding carboxylic acids is 1. The summed E-state index contributed by atoms with van der Waals surface area (Å²) in [5.74, 6) is 1.55. The number of ether oxygens (including phenoxy) is 1. The predicted molar refractivity (Wildman–Crippen MR) is 114 cm³/mol. The van der Waals surface area contributed by atoms with E-state index in [9.17, 15) is 4.79 Å². The Morgan fingerprint density at radius 3 is 2.38 bits per heavy atom. The first-order chi connectivity index (χ1) is 14.2. The third-order valence-electron chi connectivity index (χ3n) is 5.27. The summed E-state index contributed by atoms with van der Waals surface area (Å²) >= 11 is 0. The zero-order valence-electron chi connectivity index (χ0n) is 16.4. The van der Waals surface area contributed by atoms with Crippen molar-refractivity contribution in [1.82, 2.24) is 10.2 Å². The van der Waals surface area contributed by atoms with Gasteiger partial charge in [-0.05, 0) is 37.1 Å². The molecule has 0 spiro atoms. The molecule has 0 bridgehead atoms. The number of methoxy groups -OCH3 is 1. The Labute approximate surface area is 170 Å². The molecule has 148 valence electrons. The van der Waals surface area contributed by atoms with E-state index in [0.717, 1.165) is 43.0 Å². The molecule has 0 unspecified atom stereocenters. The topological polar surface area (TPSA) is 67.3 Å². The summed E-state index contributed by atoms with van der Waals surface area (Å²) in [6, 6.07) is 21.5. The predicted octanol–water partition coefficient (Wildman–Crippen LogP) is 4.01. The molecule has 0 saturated carbocycles. The molecular formula is C23H24N4O2. The van der Waals surface area contributed by atoms with Gasteiger partial charge in [0.25, 0.3) is 0 Å². The molecule has 6 nitrogen and oxygen atoms in total. The lowest BCUT2D eigenvalue weighted by Crippen LogP contribution is -2.38. The van der Waals surface area contributed by atoms with Gasteiger partial charge in [0.05, 0.1) is 18.5 Å². The van der Waals surface area contributed by atoms with Gasteiger partial charge in [0, 0.05) is 24.6 Å². The normalized spacial score (nSPS) is 14.4. The zero-order valence-corrected chi connectivity index (χ0v) is 16.4. The highest BCUT2D eigenvalue weighted by Crippen LogP contribution is 2.27. The van der Waals surface area contributed by atoms with Gasteiger partial charge in [0.1, 0.15) is 5.75 Å². The quantitative estimate of drug-likeness (QED) is 0.715. The van der Waals surface area contributed by atoms with E-state index in [4.69, 9.17) is 4.74 Å². The van der Waals surface area contributed by atoms with Crippen molar-refractivity contribution in [2.24, 2.45) is 5.92 Å². The van der Waals surface area contributed by atoms with Crippen LogP contribution >= 0.6 is 0 Å². The molecule has 1 aromatic heterocycles. The average Bonchev–Trinajstić information content (AvgIpc) is 2.80. The van der Waals surface area contributed by atoms with Crippen LogP contribution in [0.3, 0.4) is 0 Å². The molecule has 0 radical (unpaired) electrons. The first kappa shape index (κ1) is 18.9. The monoisotopic (exact) mass is 388 g/mol. The summed E-state index contributed by atoms with van der Waals surface area (Å²) in [5, 5.41) is 11.8. The van der Waals surface area contributed by atoms with Crippen LogP contribution in [0.4, 0.5) is 11.5 Å². The van der Waals surface area contributed by atoms with Crippen molar-refractivity contribution in [3.63, 3.8) is 0 Å². The number of piperidine rings is 1. The fourth-order valence-corrected chi connectivity index (χ4v) is 3.61. The minimum absolute atomic E-state index is 0.0206. The van der Waals surface area contributed by atoms with Crippen LogP contribution in [0.1, 0.15) is 12.8 Å². The molecule has 4 rings (SSSR count). The second-order valence-corrected chi connectivity index (χ2v) is 7.09. The molecule has 1 saturated heterocycles. The number of para-hydroxylation sites is 2. The minimum Gasteiger partial charge on any atom is -0.495 e. The molecule has 0 aliphatic carbocycles. The maximum Gasteiger partial charge on any atom is 0.227 e. The van der Waals surface area contributed by atoms with E-state index in [1.807, 2.05) is 66.7 Å². The summed E-state index contributed by atoms with van der Waals surface area (Å²) in [6.07, 6.45) is 1.56. The van der Waals surface area contributed by atoms with E-state index in [1.165, 1.54) is 0 Å². The van der Waals surface area contributed by atoms with E-state index >= 15 is 0 Å². The van der Waals surface area contributed by atoms with E-state index < -0.39 is 0 Å². The molecule has 3 aromatic rings. The van der Waals surface area contributed by atoms with Crippen LogP contribution in [0.2, 0.25) is 0 Å². The first-order valence-electron chi connectivity index (χ1n) is 9.82. The molecule has 6 heteroatoms. The van der Waals surface area contributed by atoms with Crippen molar-refractivity contribution in [2.45, 2.75) is 12.8 Å². The summed E-state index contributed by atoms with van der Waals surface area (Å²) in [6.45, 7) is 1.56. The number of hydrogen-bond donors (Lipinski definition) is 1. The maximum atomic E-state index is 12.7. The smallest absolute Gasteiger partial charge is 0.227 e. The number of aromatic nitrogens is 2. The van der Waals surface area contributed by atoms with Gasteiger partial charge in [-0.1, -0.05) is 42.5 Å². The van der Waals surface area contributed by atoms with Crippen LogP contribution in [0.25, 0.3) is 11.3 Å². The maximum absolute atomic E-state index is 12.7. The Balaban J connectivity index is 1.35. The number of hydrogen-bond acceptors (Lipinski definition) is 5. The van der Waals surface area contributed by atoms with Gasteiger partial charge in [-0.25, -0.2) is 0 Å². The van der Waals surface area contributed by atoms with E-state index in [1.54, 1.807) is 7.11 Å². The molecule has 0 atom stereocenters. The van der Waals surface area contributed by atoms with E-state index in [2.05, 4.69) is 20.4 Å². The third kappa shape index (κ3) is 4.37. The molecule has 1 fully saturated rings. The lowest BCUT2D eigenvalue weighted by atomic mass is 9.95. The number of rotatable bonds is 5. The minimum atomic E-state index is -0.0206. The molecular weight excluding hydrogens is 364 g/mol. The molecule has 2 heterocycles. The fourth-order valence-electron chi connectivity index (χ4n) is 3.61. The number of carbonyl (C=O) groups is 1. The average molecular weight is 388 g/mol. The van der Waals surface area contributed by atoms with Crippen molar-refractivity contribution in [3.8, 4) is 17.0 Å². The van der Waals surface area contributed by atoms with Crippen molar-refractivity contribution in [2.75, 3.05) is 30.4 Å². The Bertz CT molecular complexity index is 952. The molecule has 2 aromatic carbocycles. The standard InChI is InChI=1S/C23H24N4O2/c1-29-21-10-6-5-9-20(21)24-23(28)18-13-15-27(16-14-18)22-12-11-19(25-26-22)17-7-3-2-4-8-17/h2-12,18H,13-16H2,1H3,(H,24,28). The van der Waals surface area contributed by atoms with Crippen molar-refractivity contribution in [1.29, 1.82) is 0 Å². The largest absolute Gasteiger partial charge is 0.495 e. The molecule has 1 aliphatic heterocycles.